The molecule has 1 unspecified atom stereocenters. The van der Waals surface area contributed by atoms with Crippen LogP contribution in [0.15, 0.2) is 48.5 Å². The molecule has 0 saturated heterocycles. The van der Waals surface area contributed by atoms with Crippen molar-refractivity contribution >= 4 is 11.6 Å². The fraction of sp³-hybridized carbons (Fsp3) is 0.235. The maximum Gasteiger partial charge on any atom is 0.416 e. The molecule has 0 heterocycles. The van der Waals surface area contributed by atoms with Gasteiger partial charge in [0.25, 0.3) is 5.91 Å². The molecule has 122 valence electrons. The number of amides is 1. The average molecular weight is 323 g/mol. The summed E-state index contributed by atoms with van der Waals surface area (Å²) in [5, 5.41) is 2.43. The second kappa shape index (κ2) is 6.73. The number of carbonyl (C=O) groups is 1. The Morgan fingerprint density at radius 3 is 2.48 bits per heavy atom. The van der Waals surface area contributed by atoms with E-state index in [9.17, 15) is 18.0 Å². The molecule has 0 bridgehead atoms. The molecule has 0 aliphatic rings. The summed E-state index contributed by atoms with van der Waals surface area (Å²) in [4.78, 5) is 12.1. The van der Waals surface area contributed by atoms with Gasteiger partial charge in [0.1, 0.15) is 5.75 Å². The minimum atomic E-state index is -4.45. The quantitative estimate of drug-likeness (QED) is 0.904. The Labute approximate surface area is 132 Å². The predicted molar refractivity (Wildman–Crippen MR) is 81.3 cm³/mol. The molecule has 1 amide bonds. The second-order valence-electron chi connectivity index (χ2n) is 5.09. The zero-order valence-electron chi connectivity index (χ0n) is 12.6. The van der Waals surface area contributed by atoms with Crippen LogP contribution in [0.5, 0.6) is 5.75 Å². The molecule has 0 spiro atoms. The Bertz CT molecular complexity index is 698. The van der Waals surface area contributed by atoms with Gasteiger partial charge in [-0.05, 0) is 43.7 Å². The molecular formula is C17H16F3NO2. The highest BCUT2D eigenvalue weighted by Crippen LogP contribution is 2.30. The van der Waals surface area contributed by atoms with E-state index in [0.29, 0.717) is 5.75 Å². The Hall–Kier alpha value is -2.50. The van der Waals surface area contributed by atoms with E-state index in [1.807, 2.05) is 19.1 Å². The van der Waals surface area contributed by atoms with Gasteiger partial charge in [-0.15, -0.1) is 0 Å². The van der Waals surface area contributed by atoms with Crippen molar-refractivity contribution in [3.63, 3.8) is 0 Å². The van der Waals surface area contributed by atoms with Gasteiger partial charge in [-0.1, -0.05) is 24.3 Å². The van der Waals surface area contributed by atoms with Gasteiger partial charge in [-0.3, -0.25) is 4.79 Å². The van der Waals surface area contributed by atoms with E-state index in [-0.39, 0.29) is 5.69 Å². The van der Waals surface area contributed by atoms with Gasteiger partial charge in [-0.25, -0.2) is 0 Å². The van der Waals surface area contributed by atoms with E-state index in [0.717, 1.165) is 17.7 Å². The van der Waals surface area contributed by atoms with E-state index in [4.69, 9.17) is 4.74 Å². The molecule has 1 atom stereocenters. The van der Waals surface area contributed by atoms with Crippen LogP contribution in [0.25, 0.3) is 0 Å². The largest absolute Gasteiger partial charge is 0.481 e. The number of para-hydroxylation sites is 1. The fourth-order valence-corrected chi connectivity index (χ4v) is 1.95. The van der Waals surface area contributed by atoms with Crippen LogP contribution in [0.3, 0.4) is 0 Å². The van der Waals surface area contributed by atoms with Crippen molar-refractivity contribution in [3.05, 3.63) is 59.7 Å². The van der Waals surface area contributed by atoms with Crippen molar-refractivity contribution in [1.82, 2.24) is 0 Å². The number of hydrogen-bond donors (Lipinski definition) is 1. The summed E-state index contributed by atoms with van der Waals surface area (Å²) < 4.78 is 43.5. The molecule has 0 aliphatic carbocycles. The van der Waals surface area contributed by atoms with E-state index < -0.39 is 23.8 Å². The monoisotopic (exact) mass is 323 g/mol. The first-order chi connectivity index (χ1) is 10.8. The Balaban J connectivity index is 2.06. The van der Waals surface area contributed by atoms with Gasteiger partial charge in [-0.2, -0.15) is 13.2 Å². The van der Waals surface area contributed by atoms with E-state index in [2.05, 4.69) is 5.32 Å². The molecule has 0 radical (unpaired) electrons. The lowest BCUT2D eigenvalue weighted by atomic mass is 10.2. The second-order valence-corrected chi connectivity index (χ2v) is 5.09. The molecule has 23 heavy (non-hydrogen) atoms. The highest BCUT2D eigenvalue weighted by molar-refractivity contribution is 5.94. The van der Waals surface area contributed by atoms with Crippen LogP contribution in [-0.4, -0.2) is 12.0 Å². The van der Waals surface area contributed by atoms with Crippen molar-refractivity contribution in [2.45, 2.75) is 26.1 Å². The summed E-state index contributed by atoms with van der Waals surface area (Å²) in [5.74, 6) is 0.0340. The van der Waals surface area contributed by atoms with Crippen molar-refractivity contribution < 1.29 is 22.7 Å². The zero-order valence-corrected chi connectivity index (χ0v) is 12.6. The number of halogens is 3. The third-order valence-corrected chi connectivity index (χ3v) is 3.22. The van der Waals surface area contributed by atoms with Gasteiger partial charge in [0.15, 0.2) is 6.10 Å². The maximum absolute atomic E-state index is 12.7. The van der Waals surface area contributed by atoms with Crippen LogP contribution in [0.4, 0.5) is 18.9 Å². The Morgan fingerprint density at radius 1 is 1.13 bits per heavy atom. The molecule has 3 nitrogen and oxygen atoms in total. The lowest BCUT2D eigenvalue weighted by molar-refractivity contribution is -0.137. The normalized spacial score (nSPS) is 12.6. The SMILES string of the molecule is Cc1ccccc1OC(C)C(=O)Nc1cccc(C(F)(F)F)c1. The molecule has 2 aromatic rings. The van der Waals surface area contributed by atoms with Gasteiger partial charge < -0.3 is 10.1 Å². The van der Waals surface area contributed by atoms with E-state index >= 15 is 0 Å². The molecule has 2 rings (SSSR count). The van der Waals surface area contributed by atoms with Crippen LogP contribution in [0.1, 0.15) is 18.1 Å². The summed E-state index contributed by atoms with van der Waals surface area (Å²) in [6.45, 7) is 3.38. The maximum atomic E-state index is 12.7. The fourth-order valence-electron chi connectivity index (χ4n) is 1.95. The number of ether oxygens (including phenoxy) is 1. The van der Waals surface area contributed by atoms with Crippen molar-refractivity contribution in [1.29, 1.82) is 0 Å². The van der Waals surface area contributed by atoms with Crippen molar-refractivity contribution in [3.8, 4) is 5.75 Å². The molecule has 6 heteroatoms. The summed E-state index contributed by atoms with van der Waals surface area (Å²) in [6, 6.07) is 11.7. The summed E-state index contributed by atoms with van der Waals surface area (Å²) in [5.41, 5.74) is 0.124. The average Bonchev–Trinajstić information content (AvgIpc) is 2.49. The van der Waals surface area contributed by atoms with Gasteiger partial charge in [0.05, 0.1) is 5.56 Å². The van der Waals surface area contributed by atoms with Crippen molar-refractivity contribution in [2.75, 3.05) is 5.32 Å². The van der Waals surface area contributed by atoms with Crippen molar-refractivity contribution in [2.24, 2.45) is 0 Å². The number of hydrogen-bond acceptors (Lipinski definition) is 2. The van der Waals surface area contributed by atoms with Crippen LogP contribution < -0.4 is 10.1 Å². The summed E-state index contributed by atoms with van der Waals surface area (Å²) in [7, 11) is 0. The number of rotatable bonds is 4. The van der Waals surface area contributed by atoms with E-state index in [1.54, 1.807) is 12.1 Å². The number of carbonyl (C=O) groups excluding carboxylic acids is 1. The Kier molecular flexibility index (Phi) is 4.93. The van der Waals surface area contributed by atoms with Crippen LogP contribution in [0, 0.1) is 6.92 Å². The third kappa shape index (κ3) is 4.48. The van der Waals surface area contributed by atoms with Gasteiger partial charge in [0, 0.05) is 5.69 Å². The smallest absolute Gasteiger partial charge is 0.416 e. The number of anilines is 1. The molecule has 0 aromatic heterocycles. The predicted octanol–water partition coefficient (Wildman–Crippen LogP) is 4.42. The first-order valence-corrected chi connectivity index (χ1v) is 6.98. The highest BCUT2D eigenvalue weighted by Gasteiger charge is 2.30. The lowest BCUT2D eigenvalue weighted by Gasteiger charge is -2.16. The first-order valence-electron chi connectivity index (χ1n) is 6.98. The molecule has 0 aliphatic heterocycles. The third-order valence-electron chi connectivity index (χ3n) is 3.22. The highest BCUT2D eigenvalue weighted by atomic mass is 19.4. The zero-order chi connectivity index (χ0) is 17.0. The number of nitrogens with one attached hydrogen (secondary N) is 1. The molecular weight excluding hydrogens is 307 g/mol. The topological polar surface area (TPSA) is 38.3 Å². The van der Waals surface area contributed by atoms with Gasteiger partial charge >= 0.3 is 6.18 Å². The number of alkyl halides is 3. The molecule has 0 fully saturated rings. The lowest BCUT2D eigenvalue weighted by Crippen LogP contribution is -2.30. The Morgan fingerprint density at radius 2 is 1.83 bits per heavy atom. The first kappa shape index (κ1) is 16.9. The summed E-state index contributed by atoms with van der Waals surface area (Å²) >= 11 is 0. The number of benzene rings is 2. The van der Waals surface area contributed by atoms with Crippen LogP contribution >= 0.6 is 0 Å². The molecule has 0 saturated carbocycles. The van der Waals surface area contributed by atoms with E-state index in [1.165, 1.54) is 19.1 Å². The van der Waals surface area contributed by atoms with Crippen LogP contribution in [0.2, 0.25) is 0 Å². The number of aryl methyl sites for hydroxylation is 1. The molecule has 2 aromatic carbocycles. The minimum absolute atomic E-state index is 0.0741. The van der Waals surface area contributed by atoms with Crippen LogP contribution in [-0.2, 0) is 11.0 Å². The molecule has 1 N–H and O–H groups in total. The minimum Gasteiger partial charge on any atom is -0.481 e. The standard InChI is InChI=1S/C17H16F3NO2/c1-11-6-3-4-9-15(11)23-12(2)16(22)21-14-8-5-7-13(10-14)17(18,19)20/h3-10,12H,1-2H3,(H,21,22). The van der Waals surface area contributed by atoms with Gasteiger partial charge in [0.2, 0.25) is 0 Å². The summed E-state index contributed by atoms with van der Waals surface area (Å²) in [6.07, 6.45) is -5.30.